The van der Waals surface area contributed by atoms with Crippen LogP contribution in [-0.2, 0) is 19.4 Å². The number of aromatic nitrogens is 2. The topological polar surface area (TPSA) is 79.2 Å². The minimum Gasteiger partial charge on any atom is -0.394 e. The van der Waals surface area contributed by atoms with E-state index in [9.17, 15) is 4.79 Å². The number of carbonyl (C=O) groups excluding carboxylic acids is 1. The van der Waals surface area contributed by atoms with Gasteiger partial charge in [-0.15, -0.1) is 0 Å². The van der Waals surface area contributed by atoms with Crippen LogP contribution < -0.4 is 10.6 Å². The Morgan fingerprint density at radius 3 is 3.22 bits per heavy atom. The fraction of sp³-hybridized carbons (Fsp3) is 0.500. The zero-order valence-electron chi connectivity index (χ0n) is 13.0. The number of hydrogen-bond acceptors (Lipinski definition) is 4. The molecule has 0 unspecified atom stereocenters. The third-order valence-electron chi connectivity index (χ3n) is 4.16. The summed E-state index contributed by atoms with van der Waals surface area (Å²) in [6.07, 6.45) is 5.56. The Bertz CT molecular complexity index is 639. The molecule has 1 atom stereocenters. The van der Waals surface area contributed by atoms with Gasteiger partial charge in [-0.1, -0.05) is 0 Å². The molecule has 2 heterocycles. The van der Waals surface area contributed by atoms with Crippen LogP contribution in [0.15, 0.2) is 23.0 Å². The molecule has 2 aromatic heterocycles. The SMILES string of the molecule is O=C(NCCc1ccsc1)N[C@@H]1CCCc2c1cnn2CCO. The summed E-state index contributed by atoms with van der Waals surface area (Å²) in [6, 6.07) is 1.95. The summed E-state index contributed by atoms with van der Waals surface area (Å²) in [7, 11) is 0. The lowest BCUT2D eigenvalue weighted by atomic mass is 9.93. The molecule has 2 aromatic rings. The van der Waals surface area contributed by atoms with Gasteiger partial charge in [-0.25, -0.2) is 4.79 Å². The van der Waals surface area contributed by atoms with Gasteiger partial charge >= 0.3 is 6.03 Å². The van der Waals surface area contributed by atoms with E-state index in [1.807, 2.05) is 16.3 Å². The van der Waals surface area contributed by atoms with Gasteiger partial charge in [0.05, 0.1) is 25.4 Å². The highest BCUT2D eigenvalue weighted by atomic mass is 32.1. The van der Waals surface area contributed by atoms with Crippen molar-refractivity contribution in [3.63, 3.8) is 0 Å². The van der Waals surface area contributed by atoms with Crippen molar-refractivity contribution in [1.82, 2.24) is 20.4 Å². The van der Waals surface area contributed by atoms with Gasteiger partial charge in [0.2, 0.25) is 0 Å². The fourth-order valence-corrected chi connectivity index (χ4v) is 3.72. The van der Waals surface area contributed by atoms with Gasteiger partial charge < -0.3 is 15.7 Å². The zero-order valence-corrected chi connectivity index (χ0v) is 13.8. The first-order chi connectivity index (χ1) is 11.3. The second kappa shape index (κ2) is 7.61. The van der Waals surface area contributed by atoms with E-state index in [0.29, 0.717) is 13.1 Å². The number of aliphatic hydroxyl groups is 1. The maximum atomic E-state index is 12.1. The van der Waals surface area contributed by atoms with Crippen LogP contribution >= 0.6 is 11.3 Å². The van der Waals surface area contributed by atoms with Crippen molar-refractivity contribution >= 4 is 17.4 Å². The van der Waals surface area contributed by atoms with Gasteiger partial charge in [-0.2, -0.15) is 16.4 Å². The van der Waals surface area contributed by atoms with Crippen molar-refractivity contribution < 1.29 is 9.90 Å². The Morgan fingerprint density at radius 1 is 1.52 bits per heavy atom. The van der Waals surface area contributed by atoms with Gasteiger partial charge in [-0.3, -0.25) is 4.68 Å². The number of fused-ring (bicyclic) bond motifs is 1. The normalized spacial score (nSPS) is 16.8. The number of urea groups is 1. The molecule has 0 bridgehead atoms. The molecule has 0 saturated heterocycles. The molecular formula is C16H22N4O2S. The molecule has 0 aliphatic heterocycles. The molecule has 1 aliphatic rings. The summed E-state index contributed by atoms with van der Waals surface area (Å²) in [5.74, 6) is 0. The van der Waals surface area contributed by atoms with Gasteiger partial charge in [0.25, 0.3) is 0 Å². The van der Waals surface area contributed by atoms with Gasteiger partial charge in [0.1, 0.15) is 0 Å². The summed E-state index contributed by atoms with van der Waals surface area (Å²) in [5.41, 5.74) is 3.46. The third-order valence-corrected chi connectivity index (χ3v) is 4.89. The summed E-state index contributed by atoms with van der Waals surface area (Å²) >= 11 is 1.67. The summed E-state index contributed by atoms with van der Waals surface area (Å²) in [6.45, 7) is 1.22. The van der Waals surface area contributed by atoms with E-state index in [1.165, 1.54) is 5.56 Å². The van der Waals surface area contributed by atoms with Crippen molar-refractivity contribution in [3.05, 3.63) is 39.8 Å². The minimum atomic E-state index is -0.131. The molecule has 0 aromatic carbocycles. The van der Waals surface area contributed by atoms with Gasteiger partial charge in [0.15, 0.2) is 0 Å². The minimum absolute atomic E-state index is 0.00680. The van der Waals surface area contributed by atoms with Crippen LogP contribution in [0.25, 0.3) is 0 Å². The van der Waals surface area contributed by atoms with Crippen molar-refractivity contribution in [1.29, 1.82) is 0 Å². The molecule has 3 N–H and O–H groups in total. The number of carbonyl (C=O) groups is 1. The van der Waals surface area contributed by atoms with E-state index < -0.39 is 0 Å². The van der Waals surface area contributed by atoms with Gasteiger partial charge in [0, 0.05) is 17.8 Å². The van der Waals surface area contributed by atoms with E-state index in [0.717, 1.165) is 36.9 Å². The number of thiophene rings is 1. The maximum absolute atomic E-state index is 12.1. The lowest BCUT2D eigenvalue weighted by Gasteiger charge is -2.24. The quantitative estimate of drug-likeness (QED) is 0.754. The average molecular weight is 334 g/mol. The van der Waals surface area contributed by atoms with E-state index in [1.54, 1.807) is 11.3 Å². The van der Waals surface area contributed by atoms with Crippen LogP contribution in [0.4, 0.5) is 4.79 Å². The Balaban J connectivity index is 1.53. The number of nitrogens with one attached hydrogen (secondary N) is 2. The average Bonchev–Trinajstić information content (AvgIpc) is 3.19. The Morgan fingerprint density at radius 2 is 2.43 bits per heavy atom. The second-order valence-electron chi connectivity index (χ2n) is 5.72. The number of hydrogen-bond donors (Lipinski definition) is 3. The molecule has 124 valence electrons. The van der Waals surface area contributed by atoms with Crippen LogP contribution in [0.3, 0.4) is 0 Å². The second-order valence-corrected chi connectivity index (χ2v) is 6.50. The molecule has 23 heavy (non-hydrogen) atoms. The Hall–Kier alpha value is -1.86. The van der Waals surface area contributed by atoms with Crippen LogP contribution in [0.1, 0.15) is 35.7 Å². The standard InChI is InChI=1S/C16H22N4O2S/c21-8-7-20-15-3-1-2-14(13(15)10-18-20)19-16(22)17-6-4-12-5-9-23-11-12/h5,9-11,14,21H,1-4,6-8H2,(H2,17,19,22)/t14-/m1/s1. The molecule has 0 saturated carbocycles. The first-order valence-electron chi connectivity index (χ1n) is 7.99. The smallest absolute Gasteiger partial charge is 0.315 e. The molecule has 2 amide bonds. The van der Waals surface area contributed by atoms with E-state index in [4.69, 9.17) is 5.11 Å². The highest BCUT2D eigenvalue weighted by molar-refractivity contribution is 7.07. The van der Waals surface area contributed by atoms with Crippen LogP contribution in [0, 0.1) is 0 Å². The predicted octanol–water partition coefficient (Wildman–Crippen LogP) is 1.86. The maximum Gasteiger partial charge on any atom is 0.315 e. The zero-order chi connectivity index (χ0) is 16.1. The molecule has 1 aliphatic carbocycles. The van der Waals surface area contributed by atoms with Crippen LogP contribution in [0.5, 0.6) is 0 Å². The fourth-order valence-electron chi connectivity index (χ4n) is 3.02. The molecule has 3 rings (SSSR count). The molecule has 0 spiro atoms. The van der Waals surface area contributed by atoms with Crippen molar-refractivity contribution in [2.75, 3.05) is 13.2 Å². The number of nitrogens with zero attached hydrogens (tertiary/aromatic N) is 2. The largest absolute Gasteiger partial charge is 0.394 e. The highest BCUT2D eigenvalue weighted by Crippen LogP contribution is 2.29. The predicted molar refractivity (Wildman–Crippen MR) is 89.5 cm³/mol. The first kappa shape index (κ1) is 16.0. The third kappa shape index (κ3) is 3.92. The molecule has 0 radical (unpaired) electrons. The van der Waals surface area contributed by atoms with Gasteiger partial charge in [-0.05, 0) is 48.1 Å². The summed E-state index contributed by atoms with van der Waals surface area (Å²) < 4.78 is 1.84. The van der Waals surface area contributed by atoms with Crippen LogP contribution in [-0.4, -0.2) is 34.1 Å². The van der Waals surface area contributed by atoms with Crippen molar-refractivity contribution in [2.24, 2.45) is 0 Å². The molecular weight excluding hydrogens is 312 g/mol. The Labute approximate surface area is 139 Å². The lowest BCUT2D eigenvalue weighted by molar-refractivity contribution is 0.235. The van der Waals surface area contributed by atoms with E-state index >= 15 is 0 Å². The molecule has 6 nitrogen and oxygen atoms in total. The number of aliphatic hydroxyl groups excluding tert-OH is 1. The monoisotopic (exact) mass is 334 g/mol. The van der Waals surface area contributed by atoms with Crippen LogP contribution in [0.2, 0.25) is 0 Å². The lowest BCUT2D eigenvalue weighted by Crippen LogP contribution is -2.39. The number of rotatable bonds is 6. The van der Waals surface area contributed by atoms with Crippen molar-refractivity contribution in [3.8, 4) is 0 Å². The highest BCUT2D eigenvalue weighted by Gasteiger charge is 2.25. The Kier molecular flexibility index (Phi) is 5.30. The summed E-state index contributed by atoms with van der Waals surface area (Å²) in [5, 5.41) is 23.5. The van der Waals surface area contributed by atoms with Crippen molar-refractivity contribution in [2.45, 2.75) is 38.3 Å². The molecule has 7 heteroatoms. The van der Waals surface area contributed by atoms with E-state index in [-0.39, 0.29) is 18.7 Å². The number of amides is 2. The molecule has 0 fully saturated rings. The summed E-state index contributed by atoms with van der Waals surface area (Å²) in [4.78, 5) is 12.1. The van der Waals surface area contributed by atoms with E-state index in [2.05, 4.69) is 27.2 Å². The first-order valence-corrected chi connectivity index (χ1v) is 8.93.